The Labute approximate surface area is 126 Å². The summed E-state index contributed by atoms with van der Waals surface area (Å²) in [6, 6.07) is 3.26. The quantitative estimate of drug-likeness (QED) is 0.922. The lowest BCUT2D eigenvalue weighted by Gasteiger charge is -2.33. The molecular weight excluding hydrogens is 290 g/mol. The van der Waals surface area contributed by atoms with Crippen LogP contribution in [0.25, 0.3) is 0 Å². The lowest BCUT2D eigenvalue weighted by Crippen LogP contribution is -2.45. The van der Waals surface area contributed by atoms with Gasteiger partial charge in [-0.05, 0) is 49.4 Å². The van der Waals surface area contributed by atoms with Gasteiger partial charge in [0.25, 0.3) is 0 Å². The zero-order valence-corrected chi connectivity index (χ0v) is 13.8. The Hall–Kier alpha value is -1.11. The Morgan fingerprint density at radius 3 is 2.33 bits per heavy atom. The van der Waals surface area contributed by atoms with E-state index in [9.17, 15) is 13.5 Å². The number of piperidine rings is 1. The third-order valence-corrected chi connectivity index (χ3v) is 6.00. The molecule has 0 aromatic heterocycles. The average Bonchev–Trinajstić information content (AvgIpc) is 2.41. The van der Waals surface area contributed by atoms with E-state index in [-0.39, 0.29) is 17.4 Å². The van der Waals surface area contributed by atoms with Gasteiger partial charge in [-0.15, -0.1) is 0 Å². The normalized spacial score (nSPS) is 24.0. The molecule has 0 radical (unpaired) electrons. The van der Waals surface area contributed by atoms with Crippen molar-refractivity contribution in [2.45, 2.75) is 38.2 Å². The smallest absolute Gasteiger partial charge is 0.243 e. The molecule has 2 rings (SSSR count). The van der Waals surface area contributed by atoms with Gasteiger partial charge in [-0.2, -0.15) is 4.31 Å². The lowest BCUT2D eigenvalue weighted by molar-refractivity contribution is 0.0605. The number of hydrogen-bond donors (Lipinski definition) is 1. The molecule has 2 atom stereocenters. The molecular formula is C15H23NO4S. The van der Waals surface area contributed by atoms with Gasteiger partial charge in [0.2, 0.25) is 10.0 Å². The summed E-state index contributed by atoms with van der Waals surface area (Å²) in [5, 5.41) is 9.92. The second-order valence-electron chi connectivity index (χ2n) is 5.79. The van der Waals surface area contributed by atoms with Crippen molar-refractivity contribution in [3.8, 4) is 5.75 Å². The minimum atomic E-state index is -3.57. The van der Waals surface area contributed by atoms with Crippen molar-refractivity contribution in [2.75, 3.05) is 20.2 Å². The van der Waals surface area contributed by atoms with Crippen LogP contribution in [0.3, 0.4) is 0 Å². The van der Waals surface area contributed by atoms with E-state index in [4.69, 9.17) is 4.74 Å². The van der Waals surface area contributed by atoms with Crippen molar-refractivity contribution < 1.29 is 18.3 Å². The van der Waals surface area contributed by atoms with Crippen molar-refractivity contribution >= 4 is 10.0 Å². The molecule has 1 aliphatic rings. The largest absolute Gasteiger partial charge is 0.496 e. The summed E-state index contributed by atoms with van der Waals surface area (Å²) in [5.41, 5.74) is 1.59. The topological polar surface area (TPSA) is 66.8 Å². The molecule has 1 aromatic rings. The zero-order valence-electron chi connectivity index (χ0n) is 13.0. The molecule has 0 amide bonds. The summed E-state index contributed by atoms with van der Waals surface area (Å²) in [4.78, 5) is 0.264. The van der Waals surface area contributed by atoms with Crippen molar-refractivity contribution in [3.05, 3.63) is 23.3 Å². The molecule has 6 heteroatoms. The second kappa shape index (κ2) is 5.94. The Morgan fingerprint density at radius 2 is 1.86 bits per heavy atom. The van der Waals surface area contributed by atoms with E-state index in [0.717, 1.165) is 11.1 Å². The maximum atomic E-state index is 12.7. The van der Waals surface area contributed by atoms with E-state index in [1.54, 1.807) is 19.2 Å². The van der Waals surface area contributed by atoms with Gasteiger partial charge < -0.3 is 9.84 Å². The standard InChI is InChI=1S/C15H23NO4S/c1-10-5-6-16(9-14(10)17)21(18,19)13-7-11(2)15(20-4)12(3)8-13/h7-8,10,14,17H,5-6,9H2,1-4H3/t10-,14+/m1/s1. The number of aliphatic hydroxyl groups excluding tert-OH is 1. The van der Waals surface area contributed by atoms with Crippen LogP contribution in [0, 0.1) is 19.8 Å². The Morgan fingerprint density at radius 1 is 1.29 bits per heavy atom. The van der Waals surface area contributed by atoms with Crippen LogP contribution < -0.4 is 4.74 Å². The van der Waals surface area contributed by atoms with E-state index in [1.165, 1.54) is 4.31 Å². The van der Waals surface area contributed by atoms with Crippen LogP contribution in [0.1, 0.15) is 24.5 Å². The van der Waals surface area contributed by atoms with Gasteiger partial charge in [-0.25, -0.2) is 8.42 Å². The number of methoxy groups -OCH3 is 1. The fourth-order valence-corrected chi connectivity index (χ4v) is 4.41. The molecule has 5 nitrogen and oxygen atoms in total. The van der Waals surface area contributed by atoms with E-state index < -0.39 is 16.1 Å². The van der Waals surface area contributed by atoms with E-state index in [0.29, 0.717) is 18.7 Å². The van der Waals surface area contributed by atoms with Gasteiger partial charge in [0.05, 0.1) is 18.1 Å². The number of aryl methyl sites for hydroxylation is 2. The Bertz CT molecular complexity index is 604. The minimum absolute atomic E-state index is 0.135. The van der Waals surface area contributed by atoms with Gasteiger partial charge in [0, 0.05) is 13.1 Å². The van der Waals surface area contributed by atoms with Gasteiger partial charge in [0.15, 0.2) is 0 Å². The number of sulfonamides is 1. The fraction of sp³-hybridized carbons (Fsp3) is 0.600. The maximum absolute atomic E-state index is 12.7. The van der Waals surface area contributed by atoms with Crippen LogP contribution in [0.4, 0.5) is 0 Å². The number of ether oxygens (including phenoxy) is 1. The molecule has 1 fully saturated rings. The predicted octanol–water partition coefficient (Wildman–Crippen LogP) is 1.70. The van der Waals surface area contributed by atoms with Crippen molar-refractivity contribution in [1.82, 2.24) is 4.31 Å². The Balaban J connectivity index is 2.36. The first-order chi connectivity index (χ1) is 9.77. The molecule has 0 bridgehead atoms. The van der Waals surface area contributed by atoms with Crippen LogP contribution >= 0.6 is 0 Å². The summed E-state index contributed by atoms with van der Waals surface area (Å²) < 4.78 is 32.1. The monoisotopic (exact) mass is 313 g/mol. The number of rotatable bonds is 3. The second-order valence-corrected chi connectivity index (χ2v) is 7.72. The molecule has 118 valence electrons. The van der Waals surface area contributed by atoms with Gasteiger partial charge >= 0.3 is 0 Å². The number of hydrogen-bond acceptors (Lipinski definition) is 4. The van der Waals surface area contributed by atoms with Crippen molar-refractivity contribution in [3.63, 3.8) is 0 Å². The van der Waals surface area contributed by atoms with Crippen LogP contribution in [-0.2, 0) is 10.0 Å². The summed E-state index contributed by atoms with van der Waals surface area (Å²) in [6.07, 6.45) is 0.0723. The molecule has 1 heterocycles. The van der Waals surface area contributed by atoms with Crippen LogP contribution in [0.15, 0.2) is 17.0 Å². The highest BCUT2D eigenvalue weighted by Crippen LogP contribution is 2.29. The summed E-state index contributed by atoms with van der Waals surface area (Å²) >= 11 is 0. The number of nitrogens with zero attached hydrogens (tertiary/aromatic N) is 1. The highest BCUT2D eigenvalue weighted by molar-refractivity contribution is 7.89. The zero-order chi connectivity index (χ0) is 15.8. The van der Waals surface area contributed by atoms with Gasteiger partial charge in [-0.1, -0.05) is 6.92 Å². The molecule has 0 unspecified atom stereocenters. The highest BCUT2D eigenvalue weighted by Gasteiger charge is 2.33. The van der Waals surface area contributed by atoms with E-state index in [2.05, 4.69) is 0 Å². The fourth-order valence-electron chi connectivity index (χ4n) is 2.77. The molecule has 0 spiro atoms. The molecule has 1 saturated heterocycles. The molecule has 0 saturated carbocycles. The average molecular weight is 313 g/mol. The summed E-state index contributed by atoms with van der Waals surface area (Å²) in [5.74, 6) is 0.844. The van der Waals surface area contributed by atoms with Crippen molar-refractivity contribution in [1.29, 1.82) is 0 Å². The third-order valence-electron chi connectivity index (χ3n) is 4.16. The summed E-state index contributed by atoms with van der Waals surface area (Å²) in [6.45, 7) is 6.21. The third kappa shape index (κ3) is 3.07. The van der Waals surface area contributed by atoms with Gasteiger partial charge in [-0.3, -0.25) is 0 Å². The van der Waals surface area contributed by atoms with Crippen molar-refractivity contribution in [2.24, 2.45) is 5.92 Å². The van der Waals surface area contributed by atoms with Gasteiger partial charge in [0.1, 0.15) is 5.75 Å². The van der Waals surface area contributed by atoms with E-state index in [1.807, 2.05) is 20.8 Å². The number of benzene rings is 1. The number of β-amino-alcohol motifs (C(OH)–C–C–N with tert-alkyl or cyclic N) is 1. The molecule has 0 aliphatic carbocycles. The first-order valence-corrected chi connectivity index (χ1v) is 8.55. The SMILES string of the molecule is COc1c(C)cc(S(=O)(=O)N2CC[C@@H](C)[C@@H](O)C2)cc1C. The predicted molar refractivity (Wildman–Crippen MR) is 81.0 cm³/mol. The summed E-state index contributed by atoms with van der Waals surface area (Å²) in [7, 11) is -2.00. The highest BCUT2D eigenvalue weighted by atomic mass is 32.2. The van der Waals surface area contributed by atoms with Crippen LogP contribution in [0.5, 0.6) is 5.75 Å². The molecule has 1 N–H and O–H groups in total. The van der Waals surface area contributed by atoms with Crippen LogP contribution in [0.2, 0.25) is 0 Å². The van der Waals surface area contributed by atoms with Crippen LogP contribution in [-0.4, -0.2) is 44.1 Å². The first kappa shape index (κ1) is 16.3. The first-order valence-electron chi connectivity index (χ1n) is 7.10. The van der Waals surface area contributed by atoms with E-state index >= 15 is 0 Å². The molecule has 1 aromatic carbocycles. The minimum Gasteiger partial charge on any atom is -0.496 e. The molecule has 21 heavy (non-hydrogen) atoms. The Kier molecular flexibility index (Phi) is 4.60. The lowest BCUT2D eigenvalue weighted by atomic mass is 9.98. The number of aliphatic hydroxyl groups is 1. The molecule has 1 aliphatic heterocycles. The maximum Gasteiger partial charge on any atom is 0.243 e.